The van der Waals surface area contributed by atoms with Crippen molar-refractivity contribution in [1.82, 2.24) is 10.2 Å². The lowest BCUT2D eigenvalue weighted by Crippen LogP contribution is -2.45. The SMILES string of the molecule is COc1ccc(C)cc1CNC1CCN2CCCC2C1. The second-order valence-corrected chi connectivity index (χ2v) is 6.25. The quantitative estimate of drug-likeness (QED) is 0.913. The molecule has 0 spiro atoms. The molecule has 0 aromatic heterocycles. The maximum Gasteiger partial charge on any atom is 0.123 e. The Morgan fingerprint density at radius 1 is 1.30 bits per heavy atom. The van der Waals surface area contributed by atoms with Gasteiger partial charge in [-0.3, -0.25) is 0 Å². The van der Waals surface area contributed by atoms with Gasteiger partial charge in [-0.25, -0.2) is 0 Å². The molecule has 2 aliphatic heterocycles. The molecule has 20 heavy (non-hydrogen) atoms. The molecule has 2 fully saturated rings. The fourth-order valence-electron chi connectivity index (χ4n) is 3.71. The Kier molecular flexibility index (Phi) is 4.27. The van der Waals surface area contributed by atoms with Gasteiger partial charge in [0.1, 0.15) is 5.75 Å². The summed E-state index contributed by atoms with van der Waals surface area (Å²) in [5, 5.41) is 3.75. The predicted molar refractivity (Wildman–Crippen MR) is 82.2 cm³/mol. The van der Waals surface area contributed by atoms with Crippen LogP contribution >= 0.6 is 0 Å². The number of nitrogens with one attached hydrogen (secondary N) is 1. The highest BCUT2D eigenvalue weighted by molar-refractivity contribution is 5.36. The van der Waals surface area contributed by atoms with Crippen LogP contribution in [-0.2, 0) is 6.54 Å². The summed E-state index contributed by atoms with van der Waals surface area (Å²) in [6.45, 7) is 5.65. The molecule has 3 heteroatoms. The number of rotatable bonds is 4. The molecule has 2 saturated heterocycles. The number of ether oxygens (including phenoxy) is 1. The van der Waals surface area contributed by atoms with Crippen molar-refractivity contribution in [3.8, 4) is 5.75 Å². The molecular weight excluding hydrogens is 248 g/mol. The minimum Gasteiger partial charge on any atom is -0.496 e. The molecule has 1 aromatic rings. The molecule has 2 heterocycles. The van der Waals surface area contributed by atoms with Gasteiger partial charge in [-0.2, -0.15) is 0 Å². The Labute approximate surface area is 122 Å². The van der Waals surface area contributed by atoms with Gasteiger partial charge in [0.25, 0.3) is 0 Å². The monoisotopic (exact) mass is 274 g/mol. The van der Waals surface area contributed by atoms with Crippen molar-refractivity contribution in [2.45, 2.75) is 51.2 Å². The van der Waals surface area contributed by atoms with Crippen molar-refractivity contribution >= 4 is 0 Å². The summed E-state index contributed by atoms with van der Waals surface area (Å²) in [4.78, 5) is 2.67. The topological polar surface area (TPSA) is 24.5 Å². The van der Waals surface area contributed by atoms with Crippen molar-refractivity contribution in [2.24, 2.45) is 0 Å². The summed E-state index contributed by atoms with van der Waals surface area (Å²) >= 11 is 0. The number of aryl methyl sites for hydroxylation is 1. The van der Waals surface area contributed by atoms with E-state index in [9.17, 15) is 0 Å². The Morgan fingerprint density at radius 2 is 2.20 bits per heavy atom. The molecule has 2 unspecified atom stereocenters. The summed E-state index contributed by atoms with van der Waals surface area (Å²) in [6.07, 6.45) is 5.38. The van der Waals surface area contributed by atoms with Gasteiger partial charge in [-0.1, -0.05) is 17.7 Å². The van der Waals surface area contributed by atoms with Crippen molar-refractivity contribution in [3.05, 3.63) is 29.3 Å². The number of hydrogen-bond acceptors (Lipinski definition) is 3. The fraction of sp³-hybridized carbons (Fsp3) is 0.647. The van der Waals surface area contributed by atoms with Gasteiger partial charge in [-0.15, -0.1) is 0 Å². The lowest BCUT2D eigenvalue weighted by atomic mass is 9.97. The number of fused-ring (bicyclic) bond motifs is 1. The number of hydrogen-bond donors (Lipinski definition) is 1. The molecule has 0 bridgehead atoms. The second kappa shape index (κ2) is 6.15. The third-order valence-corrected chi connectivity index (χ3v) is 4.84. The van der Waals surface area contributed by atoms with E-state index >= 15 is 0 Å². The predicted octanol–water partition coefficient (Wildman–Crippen LogP) is 2.72. The molecule has 2 aliphatic rings. The second-order valence-electron chi connectivity index (χ2n) is 6.25. The highest BCUT2D eigenvalue weighted by atomic mass is 16.5. The molecular formula is C17H26N2O. The number of piperidine rings is 1. The molecule has 0 saturated carbocycles. The van der Waals surface area contributed by atoms with Crippen molar-refractivity contribution in [1.29, 1.82) is 0 Å². The molecule has 110 valence electrons. The van der Waals surface area contributed by atoms with Crippen LogP contribution in [-0.4, -0.2) is 37.2 Å². The summed E-state index contributed by atoms with van der Waals surface area (Å²) in [5.74, 6) is 1.00. The van der Waals surface area contributed by atoms with E-state index in [4.69, 9.17) is 4.74 Å². The summed E-state index contributed by atoms with van der Waals surface area (Å²) in [6, 6.07) is 7.92. The first kappa shape index (κ1) is 13.9. The van der Waals surface area contributed by atoms with Gasteiger partial charge in [0.2, 0.25) is 0 Å². The summed E-state index contributed by atoms with van der Waals surface area (Å²) in [5.41, 5.74) is 2.58. The zero-order chi connectivity index (χ0) is 13.9. The van der Waals surface area contributed by atoms with Crippen LogP contribution in [0.2, 0.25) is 0 Å². The van der Waals surface area contributed by atoms with Crippen molar-refractivity contribution in [3.63, 3.8) is 0 Å². The van der Waals surface area contributed by atoms with Crippen molar-refractivity contribution in [2.75, 3.05) is 20.2 Å². The highest BCUT2D eigenvalue weighted by Crippen LogP contribution is 2.27. The van der Waals surface area contributed by atoms with E-state index in [0.29, 0.717) is 6.04 Å². The number of nitrogens with zero attached hydrogens (tertiary/aromatic N) is 1. The van der Waals surface area contributed by atoms with E-state index in [1.165, 1.54) is 49.9 Å². The van der Waals surface area contributed by atoms with Gasteiger partial charge in [0.15, 0.2) is 0 Å². The average Bonchev–Trinajstić information content (AvgIpc) is 2.92. The van der Waals surface area contributed by atoms with Crippen LogP contribution in [0.15, 0.2) is 18.2 Å². The molecule has 1 N–H and O–H groups in total. The first-order valence-electron chi connectivity index (χ1n) is 7.87. The van der Waals surface area contributed by atoms with Crippen LogP contribution in [0.4, 0.5) is 0 Å². The minimum atomic E-state index is 0.666. The van der Waals surface area contributed by atoms with E-state index in [1.54, 1.807) is 7.11 Å². The standard InChI is InChI=1S/C17H26N2O/c1-13-5-6-17(20-2)14(10-13)12-18-15-7-9-19-8-3-4-16(19)11-15/h5-6,10,15-16,18H,3-4,7-9,11-12H2,1-2H3. The molecule has 0 radical (unpaired) electrons. The average molecular weight is 274 g/mol. The first-order chi connectivity index (χ1) is 9.76. The highest BCUT2D eigenvalue weighted by Gasteiger charge is 2.31. The minimum absolute atomic E-state index is 0.666. The maximum atomic E-state index is 5.46. The van der Waals surface area contributed by atoms with E-state index in [-0.39, 0.29) is 0 Å². The van der Waals surface area contributed by atoms with Gasteiger partial charge in [-0.05, 0) is 51.8 Å². The molecule has 0 aliphatic carbocycles. The Morgan fingerprint density at radius 3 is 3.05 bits per heavy atom. The molecule has 3 rings (SSSR count). The van der Waals surface area contributed by atoms with Crippen LogP contribution < -0.4 is 10.1 Å². The van der Waals surface area contributed by atoms with Crippen LogP contribution in [0, 0.1) is 6.92 Å². The lowest BCUT2D eigenvalue weighted by Gasteiger charge is -2.35. The van der Waals surface area contributed by atoms with E-state index in [0.717, 1.165) is 18.3 Å². The molecule has 0 amide bonds. The summed E-state index contributed by atoms with van der Waals surface area (Å²) < 4.78 is 5.46. The van der Waals surface area contributed by atoms with Crippen LogP contribution in [0.25, 0.3) is 0 Å². The molecule has 1 aromatic carbocycles. The van der Waals surface area contributed by atoms with Crippen molar-refractivity contribution < 1.29 is 4.74 Å². The Balaban J connectivity index is 1.58. The Bertz CT molecular complexity index is 460. The van der Waals surface area contributed by atoms with Gasteiger partial charge in [0, 0.05) is 24.2 Å². The summed E-state index contributed by atoms with van der Waals surface area (Å²) in [7, 11) is 1.76. The zero-order valence-electron chi connectivity index (χ0n) is 12.7. The number of methoxy groups -OCH3 is 1. The van der Waals surface area contributed by atoms with Gasteiger partial charge >= 0.3 is 0 Å². The fourth-order valence-corrected chi connectivity index (χ4v) is 3.71. The van der Waals surface area contributed by atoms with E-state index < -0.39 is 0 Å². The molecule has 2 atom stereocenters. The smallest absolute Gasteiger partial charge is 0.123 e. The van der Waals surface area contributed by atoms with Gasteiger partial charge < -0.3 is 15.0 Å². The lowest BCUT2D eigenvalue weighted by molar-refractivity contribution is 0.166. The Hall–Kier alpha value is -1.06. The van der Waals surface area contributed by atoms with E-state index in [1.807, 2.05) is 0 Å². The maximum absolute atomic E-state index is 5.46. The van der Waals surface area contributed by atoms with E-state index in [2.05, 4.69) is 35.3 Å². The first-order valence-corrected chi connectivity index (χ1v) is 7.87. The molecule has 3 nitrogen and oxygen atoms in total. The largest absolute Gasteiger partial charge is 0.496 e. The van der Waals surface area contributed by atoms with Gasteiger partial charge in [0.05, 0.1) is 7.11 Å². The van der Waals surface area contributed by atoms with Crippen LogP contribution in [0.5, 0.6) is 5.75 Å². The third kappa shape index (κ3) is 2.99. The third-order valence-electron chi connectivity index (χ3n) is 4.84. The van der Waals surface area contributed by atoms with Crippen LogP contribution in [0.3, 0.4) is 0 Å². The zero-order valence-corrected chi connectivity index (χ0v) is 12.7. The number of benzene rings is 1. The van der Waals surface area contributed by atoms with Crippen LogP contribution in [0.1, 0.15) is 36.8 Å². The normalized spacial score (nSPS) is 26.5.